The van der Waals surface area contributed by atoms with E-state index in [1.165, 1.54) is 16.7 Å². The van der Waals surface area contributed by atoms with Crippen LogP contribution >= 0.6 is 0 Å². The highest BCUT2D eigenvalue weighted by atomic mass is 14.8. The van der Waals surface area contributed by atoms with E-state index in [1.807, 2.05) is 20.0 Å². The van der Waals surface area contributed by atoms with Gasteiger partial charge in [0.15, 0.2) is 0 Å². The van der Waals surface area contributed by atoms with Crippen molar-refractivity contribution in [3.8, 4) is 0 Å². The van der Waals surface area contributed by atoms with Crippen molar-refractivity contribution in [2.45, 2.75) is 20.4 Å². The van der Waals surface area contributed by atoms with Crippen LogP contribution in [-0.2, 0) is 6.54 Å². The number of benzene rings is 1. The smallest absolute Gasteiger partial charge is 0.0202 e. The van der Waals surface area contributed by atoms with Crippen LogP contribution in [0.4, 0.5) is 0 Å². The summed E-state index contributed by atoms with van der Waals surface area (Å²) < 4.78 is 0. The first-order valence-electron chi connectivity index (χ1n) is 5.91. The largest absolute Gasteiger partial charge is 0.316 e. The molecule has 0 atom stereocenters. The standard InChI is InChI=1S/C16H21N/c1-5-15(9-6-13(2)3)16-10-7-14(8-11-16)12-17-4/h5-11,17H,2,12H2,1,3-4H3/b9-6-,15-5+. The topological polar surface area (TPSA) is 12.0 Å². The molecule has 90 valence electrons. The summed E-state index contributed by atoms with van der Waals surface area (Å²) in [6, 6.07) is 8.63. The maximum absolute atomic E-state index is 3.87. The van der Waals surface area contributed by atoms with E-state index >= 15 is 0 Å². The summed E-state index contributed by atoms with van der Waals surface area (Å²) in [6.45, 7) is 8.84. The van der Waals surface area contributed by atoms with Gasteiger partial charge in [-0.2, -0.15) is 0 Å². The van der Waals surface area contributed by atoms with Gasteiger partial charge in [0.25, 0.3) is 0 Å². The van der Waals surface area contributed by atoms with Gasteiger partial charge in [-0.3, -0.25) is 0 Å². The molecule has 1 N–H and O–H groups in total. The molecule has 0 spiro atoms. The molecule has 1 aromatic carbocycles. The van der Waals surface area contributed by atoms with Crippen molar-refractivity contribution in [3.63, 3.8) is 0 Å². The Bertz CT molecular complexity index is 421. The van der Waals surface area contributed by atoms with Gasteiger partial charge in [-0.25, -0.2) is 0 Å². The van der Waals surface area contributed by atoms with Crippen molar-refractivity contribution in [1.29, 1.82) is 0 Å². The molecule has 0 saturated carbocycles. The molecule has 1 heteroatoms. The first kappa shape index (κ1) is 13.5. The molecule has 0 heterocycles. The molecule has 17 heavy (non-hydrogen) atoms. The number of hydrogen-bond acceptors (Lipinski definition) is 1. The van der Waals surface area contributed by atoms with E-state index < -0.39 is 0 Å². The molecule has 0 saturated heterocycles. The van der Waals surface area contributed by atoms with E-state index in [9.17, 15) is 0 Å². The van der Waals surface area contributed by atoms with Gasteiger partial charge in [0.05, 0.1) is 0 Å². The molecule has 0 aliphatic heterocycles. The number of nitrogens with one attached hydrogen (secondary N) is 1. The maximum atomic E-state index is 3.87. The quantitative estimate of drug-likeness (QED) is 0.751. The average Bonchev–Trinajstić information content (AvgIpc) is 2.32. The molecule has 0 fully saturated rings. The monoisotopic (exact) mass is 227 g/mol. The molecule has 0 aromatic heterocycles. The molecule has 0 unspecified atom stereocenters. The van der Waals surface area contributed by atoms with Gasteiger partial charge in [-0.1, -0.05) is 54.6 Å². The predicted octanol–water partition coefficient (Wildman–Crippen LogP) is 3.94. The van der Waals surface area contributed by atoms with Gasteiger partial charge in [0, 0.05) is 6.54 Å². The summed E-state index contributed by atoms with van der Waals surface area (Å²) in [5.41, 5.74) is 4.83. The third-order valence-corrected chi connectivity index (χ3v) is 2.53. The van der Waals surface area contributed by atoms with E-state index in [0.29, 0.717) is 0 Å². The first-order chi connectivity index (χ1) is 8.17. The predicted molar refractivity (Wildman–Crippen MR) is 76.8 cm³/mol. The van der Waals surface area contributed by atoms with E-state index in [1.54, 1.807) is 0 Å². The molecule has 1 aromatic rings. The molecule has 0 amide bonds. The second-order valence-corrected chi connectivity index (χ2v) is 4.15. The molecule has 0 radical (unpaired) electrons. The summed E-state index contributed by atoms with van der Waals surface area (Å²) in [5.74, 6) is 0. The highest BCUT2D eigenvalue weighted by Gasteiger charge is 1.97. The van der Waals surface area contributed by atoms with Crippen LogP contribution in [0.3, 0.4) is 0 Å². The zero-order chi connectivity index (χ0) is 12.7. The molecule has 0 bridgehead atoms. The summed E-state index contributed by atoms with van der Waals surface area (Å²) in [6.07, 6.45) is 6.26. The van der Waals surface area contributed by atoms with Crippen LogP contribution in [0.5, 0.6) is 0 Å². The summed E-state index contributed by atoms with van der Waals surface area (Å²) in [5, 5.41) is 3.15. The van der Waals surface area contributed by atoms with Crippen LogP contribution in [0.1, 0.15) is 25.0 Å². The summed E-state index contributed by atoms with van der Waals surface area (Å²) >= 11 is 0. The van der Waals surface area contributed by atoms with Gasteiger partial charge < -0.3 is 5.32 Å². The molecule has 0 aliphatic rings. The van der Waals surface area contributed by atoms with Crippen molar-refractivity contribution < 1.29 is 0 Å². The van der Waals surface area contributed by atoms with Crippen LogP contribution in [0.25, 0.3) is 5.57 Å². The van der Waals surface area contributed by atoms with Gasteiger partial charge >= 0.3 is 0 Å². The minimum absolute atomic E-state index is 0.910. The minimum Gasteiger partial charge on any atom is -0.316 e. The summed E-state index contributed by atoms with van der Waals surface area (Å²) in [7, 11) is 1.96. The Kier molecular flexibility index (Phi) is 5.44. The zero-order valence-corrected chi connectivity index (χ0v) is 11.0. The Morgan fingerprint density at radius 3 is 2.35 bits per heavy atom. The molecule has 1 nitrogen and oxygen atoms in total. The Morgan fingerprint density at radius 1 is 1.24 bits per heavy atom. The van der Waals surface area contributed by atoms with Crippen LogP contribution in [0, 0.1) is 0 Å². The highest BCUT2D eigenvalue weighted by molar-refractivity contribution is 5.74. The minimum atomic E-state index is 0.910. The van der Waals surface area contributed by atoms with Crippen LogP contribution in [0.15, 0.2) is 54.6 Å². The number of rotatable bonds is 5. The van der Waals surface area contributed by atoms with E-state index in [-0.39, 0.29) is 0 Å². The Balaban J connectivity index is 2.87. The Labute approximate surface area is 105 Å². The SMILES string of the molecule is C=C(C)/C=C\C(=C/C)c1ccc(CNC)cc1. The molecular weight excluding hydrogens is 206 g/mol. The van der Waals surface area contributed by atoms with Gasteiger partial charge in [0.1, 0.15) is 0 Å². The van der Waals surface area contributed by atoms with Crippen molar-refractivity contribution in [3.05, 3.63) is 65.8 Å². The Hall–Kier alpha value is -1.60. The molecule has 0 aliphatic carbocycles. The Morgan fingerprint density at radius 2 is 1.88 bits per heavy atom. The van der Waals surface area contributed by atoms with E-state index in [2.05, 4.69) is 55.2 Å². The van der Waals surface area contributed by atoms with Crippen LogP contribution in [0.2, 0.25) is 0 Å². The fraction of sp³-hybridized carbons (Fsp3) is 0.250. The van der Waals surface area contributed by atoms with E-state index in [4.69, 9.17) is 0 Å². The molecular formula is C16H21N. The van der Waals surface area contributed by atoms with Gasteiger partial charge in [-0.05, 0) is 37.6 Å². The average molecular weight is 227 g/mol. The van der Waals surface area contributed by atoms with Crippen LogP contribution < -0.4 is 5.32 Å². The normalized spacial score (nSPS) is 12.1. The number of hydrogen-bond donors (Lipinski definition) is 1. The number of allylic oxidation sites excluding steroid dienone is 5. The molecule has 1 rings (SSSR count). The maximum Gasteiger partial charge on any atom is 0.0202 e. The van der Waals surface area contributed by atoms with Crippen molar-refractivity contribution in [2.24, 2.45) is 0 Å². The third-order valence-electron chi connectivity index (χ3n) is 2.53. The third kappa shape index (κ3) is 4.41. The fourth-order valence-electron chi connectivity index (χ4n) is 1.61. The summed E-state index contributed by atoms with van der Waals surface area (Å²) in [4.78, 5) is 0. The lowest BCUT2D eigenvalue weighted by Gasteiger charge is -2.04. The second-order valence-electron chi connectivity index (χ2n) is 4.15. The lowest BCUT2D eigenvalue weighted by atomic mass is 10.0. The van der Waals surface area contributed by atoms with Gasteiger partial charge in [-0.15, -0.1) is 0 Å². The van der Waals surface area contributed by atoms with Crippen molar-refractivity contribution >= 4 is 5.57 Å². The van der Waals surface area contributed by atoms with Crippen LogP contribution in [-0.4, -0.2) is 7.05 Å². The van der Waals surface area contributed by atoms with Crippen molar-refractivity contribution in [1.82, 2.24) is 5.32 Å². The second kappa shape index (κ2) is 6.87. The fourth-order valence-corrected chi connectivity index (χ4v) is 1.61. The van der Waals surface area contributed by atoms with Gasteiger partial charge in [0.2, 0.25) is 0 Å². The zero-order valence-electron chi connectivity index (χ0n) is 11.0. The lowest BCUT2D eigenvalue weighted by Crippen LogP contribution is -2.04. The van der Waals surface area contributed by atoms with Crippen molar-refractivity contribution in [2.75, 3.05) is 7.05 Å². The lowest BCUT2D eigenvalue weighted by molar-refractivity contribution is 0.818. The first-order valence-corrected chi connectivity index (χ1v) is 5.91. The van der Waals surface area contributed by atoms with E-state index in [0.717, 1.165) is 12.1 Å². The highest BCUT2D eigenvalue weighted by Crippen LogP contribution is 2.17.